The van der Waals surface area contributed by atoms with Crippen LogP contribution in [0.2, 0.25) is 0 Å². The van der Waals surface area contributed by atoms with Crippen molar-refractivity contribution in [3.05, 3.63) is 22.2 Å². The molecule has 0 aliphatic rings. The summed E-state index contributed by atoms with van der Waals surface area (Å²) in [7, 11) is 1.52. The number of phenols is 1. The van der Waals surface area contributed by atoms with Gasteiger partial charge in [-0.3, -0.25) is 0 Å². The number of phenolic OH excluding ortho intramolecular Hbond substituents is 1. The first kappa shape index (κ1) is 8.40. The molecule has 0 unspecified atom stereocenters. The molecule has 1 aromatic rings. The van der Waals surface area contributed by atoms with Crippen LogP contribution in [0.15, 0.2) is 16.6 Å². The van der Waals surface area contributed by atoms with E-state index in [-0.39, 0.29) is 5.75 Å². The van der Waals surface area contributed by atoms with Gasteiger partial charge in [-0.05, 0) is 34.5 Å². The molecule has 0 bridgehead atoms. The summed E-state index contributed by atoms with van der Waals surface area (Å²) < 4.78 is 5.59. The first-order chi connectivity index (χ1) is 5.16. The number of methoxy groups -OCH3 is 1. The summed E-state index contributed by atoms with van der Waals surface area (Å²) in [4.78, 5) is 0. The van der Waals surface area contributed by atoms with Crippen molar-refractivity contribution in [3.8, 4) is 11.5 Å². The van der Waals surface area contributed by atoms with Gasteiger partial charge in [-0.25, -0.2) is 0 Å². The van der Waals surface area contributed by atoms with Crippen molar-refractivity contribution in [2.75, 3.05) is 7.11 Å². The van der Waals surface area contributed by atoms with Crippen LogP contribution < -0.4 is 4.74 Å². The standard InChI is InChI=1S/C8H9BrO2/c1-5-3-4-6(11-2)8(10)7(5)9/h3-4,10H,1-2H3. The average Bonchev–Trinajstić information content (AvgIpc) is 2.01. The van der Waals surface area contributed by atoms with E-state index in [0.29, 0.717) is 10.2 Å². The van der Waals surface area contributed by atoms with E-state index < -0.39 is 0 Å². The Labute approximate surface area is 73.9 Å². The van der Waals surface area contributed by atoms with Crippen molar-refractivity contribution in [1.29, 1.82) is 0 Å². The minimum Gasteiger partial charge on any atom is -0.503 e. The number of benzene rings is 1. The quantitative estimate of drug-likeness (QED) is 0.782. The molecule has 0 saturated heterocycles. The first-order valence-electron chi connectivity index (χ1n) is 3.19. The summed E-state index contributed by atoms with van der Waals surface area (Å²) in [5.41, 5.74) is 0.989. The van der Waals surface area contributed by atoms with Gasteiger partial charge >= 0.3 is 0 Å². The van der Waals surface area contributed by atoms with Gasteiger partial charge in [0.1, 0.15) is 0 Å². The highest BCUT2D eigenvalue weighted by molar-refractivity contribution is 9.10. The number of ether oxygens (including phenoxy) is 1. The Bertz CT molecular complexity index is 271. The highest BCUT2D eigenvalue weighted by atomic mass is 79.9. The second-order valence-corrected chi connectivity index (χ2v) is 3.04. The maximum absolute atomic E-state index is 9.41. The molecule has 0 atom stereocenters. The molecule has 0 radical (unpaired) electrons. The Balaban J connectivity index is 3.25. The van der Waals surface area contributed by atoms with Crippen LogP contribution in [0.1, 0.15) is 5.56 Å². The SMILES string of the molecule is COc1ccc(C)c(Br)c1O. The number of aryl methyl sites for hydroxylation is 1. The Morgan fingerprint density at radius 3 is 2.64 bits per heavy atom. The molecule has 0 saturated carbocycles. The smallest absolute Gasteiger partial charge is 0.172 e. The molecule has 1 rings (SSSR count). The maximum Gasteiger partial charge on any atom is 0.172 e. The summed E-state index contributed by atoms with van der Waals surface area (Å²) in [6.45, 7) is 1.91. The zero-order chi connectivity index (χ0) is 8.43. The van der Waals surface area contributed by atoms with E-state index in [1.165, 1.54) is 7.11 Å². The van der Waals surface area contributed by atoms with Crippen molar-refractivity contribution in [3.63, 3.8) is 0 Å². The molecule has 0 aliphatic carbocycles. The Hall–Kier alpha value is -0.700. The number of hydrogen-bond acceptors (Lipinski definition) is 2. The van der Waals surface area contributed by atoms with E-state index in [0.717, 1.165) is 5.56 Å². The minimum atomic E-state index is 0.160. The summed E-state index contributed by atoms with van der Waals surface area (Å²) in [6.07, 6.45) is 0. The van der Waals surface area contributed by atoms with Gasteiger partial charge in [0.2, 0.25) is 0 Å². The third kappa shape index (κ3) is 1.48. The molecule has 3 heteroatoms. The van der Waals surface area contributed by atoms with Gasteiger partial charge in [-0.15, -0.1) is 0 Å². The lowest BCUT2D eigenvalue weighted by Gasteiger charge is -2.05. The van der Waals surface area contributed by atoms with Gasteiger partial charge in [0.05, 0.1) is 11.6 Å². The molecule has 0 aromatic heterocycles. The molecular formula is C8H9BrO2. The zero-order valence-electron chi connectivity index (χ0n) is 6.39. The Kier molecular flexibility index (Phi) is 2.39. The summed E-state index contributed by atoms with van der Waals surface area (Å²) >= 11 is 3.24. The lowest BCUT2D eigenvalue weighted by Crippen LogP contribution is -1.85. The van der Waals surface area contributed by atoms with Gasteiger partial charge in [0, 0.05) is 0 Å². The second kappa shape index (κ2) is 3.13. The predicted octanol–water partition coefficient (Wildman–Crippen LogP) is 2.47. The van der Waals surface area contributed by atoms with Crippen LogP contribution >= 0.6 is 15.9 Å². The van der Waals surface area contributed by atoms with Gasteiger partial charge in [-0.2, -0.15) is 0 Å². The number of aromatic hydroxyl groups is 1. The van der Waals surface area contributed by atoms with Crippen LogP contribution in [0.5, 0.6) is 11.5 Å². The van der Waals surface area contributed by atoms with Gasteiger partial charge in [0.15, 0.2) is 11.5 Å². The lowest BCUT2D eigenvalue weighted by atomic mass is 10.2. The van der Waals surface area contributed by atoms with Crippen LogP contribution in [0.4, 0.5) is 0 Å². The molecule has 60 valence electrons. The fraction of sp³-hybridized carbons (Fsp3) is 0.250. The number of halogens is 1. The van der Waals surface area contributed by atoms with Crippen LogP contribution in [0.3, 0.4) is 0 Å². The number of hydrogen-bond donors (Lipinski definition) is 1. The largest absolute Gasteiger partial charge is 0.503 e. The summed E-state index contributed by atoms with van der Waals surface area (Å²) in [6, 6.07) is 3.61. The highest BCUT2D eigenvalue weighted by Gasteiger charge is 2.06. The van der Waals surface area contributed by atoms with Crippen LogP contribution in [-0.4, -0.2) is 12.2 Å². The van der Waals surface area contributed by atoms with E-state index in [9.17, 15) is 5.11 Å². The van der Waals surface area contributed by atoms with Crippen molar-refractivity contribution >= 4 is 15.9 Å². The molecule has 11 heavy (non-hydrogen) atoms. The van der Waals surface area contributed by atoms with E-state index in [1.54, 1.807) is 6.07 Å². The average molecular weight is 217 g/mol. The van der Waals surface area contributed by atoms with Crippen molar-refractivity contribution < 1.29 is 9.84 Å². The van der Waals surface area contributed by atoms with Crippen LogP contribution in [-0.2, 0) is 0 Å². The summed E-state index contributed by atoms with van der Waals surface area (Å²) in [5.74, 6) is 0.648. The normalized spacial score (nSPS) is 9.73. The van der Waals surface area contributed by atoms with E-state index >= 15 is 0 Å². The molecule has 0 spiro atoms. The van der Waals surface area contributed by atoms with Gasteiger partial charge in [-0.1, -0.05) is 6.07 Å². The molecule has 1 N–H and O–H groups in total. The van der Waals surface area contributed by atoms with Crippen molar-refractivity contribution in [1.82, 2.24) is 0 Å². The predicted molar refractivity (Wildman–Crippen MR) is 47.1 cm³/mol. The van der Waals surface area contributed by atoms with E-state index in [1.807, 2.05) is 13.0 Å². The topological polar surface area (TPSA) is 29.5 Å². The fourth-order valence-electron chi connectivity index (χ4n) is 0.812. The summed E-state index contributed by atoms with van der Waals surface area (Å²) in [5, 5.41) is 9.41. The third-order valence-corrected chi connectivity index (χ3v) is 2.49. The van der Waals surface area contributed by atoms with Crippen molar-refractivity contribution in [2.45, 2.75) is 6.92 Å². The third-order valence-electron chi connectivity index (χ3n) is 1.49. The highest BCUT2D eigenvalue weighted by Crippen LogP contribution is 2.35. The fourth-order valence-corrected chi connectivity index (χ4v) is 1.14. The molecular weight excluding hydrogens is 208 g/mol. The Morgan fingerprint density at radius 2 is 2.09 bits per heavy atom. The maximum atomic E-state index is 9.41. The monoisotopic (exact) mass is 216 g/mol. The molecule has 1 aromatic carbocycles. The number of rotatable bonds is 1. The molecule has 0 fully saturated rings. The van der Waals surface area contributed by atoms with Gasteiger partial charge in [0.25, 0.3) is 0 Å². The lowest BCUT2D eigenvalue weighted by molar-refractivity contribution is 0.371. The van der Waals surface area contributed by atoms with E-state index in [2.05, 4.69) is 15.9 Å². The van der Waals surface area contributed by atoms with Crippen molar-refractivity contribution in [2.24, 2.45) is 0 Å². The van der Waals surface area contributed by atoms with Gasteiger partial charge < -0.3 is 9.84 Å². The second-order valence-electron chi connectivity index (χ2n) is 2.25. The minimum absolute atomic E-state index is 0.160. The van der Waals surface area contributed by atoms with Crippen LogP contribution in [0, 0.1) is 6.92 Å². The molecule has 0 heterocycles. The molecule has 2 nitrogen and oxygen atoms in total. The van der Waals surface area contributed by atoms with E-state index in [4.69, 9.17) is 4.74 Å². The first-order valence-corrected chi connectivity index (χ1v) is 3.98. The molecule has 0 amide bonds. The van der Waals surface area contributed by atoms with Crippen LogP contribution in [0.25, 0.3) is 0 Å². The zero-order valence-corrected chi connectivity index (χ0v) is 7.97. The molecule has 0 aliphatic heterocycles. The Morgan fingerprint density at radius 1 is 1.45 bits per heavy atom.